The van der Waals surface area contributed by atoms with Gasteiger partial charge in [-0.2, -0.15) is 0 Å². The van der Waals surface area contributed by atoms with Gasteiger partial charge in [-0.15, -0.1) is 19.0 Å². The van der Waals surface area contributed by atoms with Gasteiger partial charge in [0.2, 0.25) is 0 Å². The maximum absolute atomic E-state index is 10.8. The number of aliphatic carboxylic acids is 1. The maximum Gasteiger partial charge on any atom is 0.303 e. The van der Waals surface area contributed by atoms with Crippen LogP contribution in [0.25, 0.3) is 0 Å². The number of halogens is 1. The van der Waals surface area contributed by atoms with Gasteiger partial charge in [-0.25, -0.2) is 0 Å². The number of rotatable bonds is 6. The fourth-order valence-corrected chi connectivity index (χ4v) is 2.78. The lowest BCUT2D eigenvalue weighted by atomic mass is 9.74. The summed E-state index contributed by atoms with van der Waals surface area (Å²) in [7, 11) is 0. The molecule has 0 spiro atoms. The highest BCUT2D eigenvalue weighted by Crippen LogP contribution is 2.36. The molecule has 4 heteroatoms. The van der Waals surface area contributed by atoms with Gasteiger partial charge in [0.05, 0.1) is 0 Å². The molecule has 0 aliphatic heterocycles. The molecule has 0 aromatic rings. The second-order valence-corrected chi connectivity index (χ2v) is 4.90. The van der Waals surface area contributed by atoms with E-state index < -0.39 is 5.97 Å². The Balaban J connectivity index is 0.00000256. The molecular formula is C13H24ClNO2. The molecule has 0 heterocycles. The van der Waals surface area contributed by atoms with Crippen molar-refractivity contribution in [3.8, 4) is 0 Å². The van der Waals surface area contributed by atoms with Crippen molar-refractivity contribution in [2.45, 2.75) is 38.5 Å². The minimum Gasteiger partial charge on any atom is -0.481 e. The van der Waals surface area contributed by atoms with Crippen LogP contribution in [0, 0.1) is 17.8 Å². The van der Waals surface area contributed by atoms with Crippen LogP contribution in [0.5, 0.6) is 0 Å². The Morgan fingerprint density at radius 1 is 1.41 bits per heavy atom. The van der Waals surface area contributed by atoms with Gasteiger partial charge in [0, 0.05) is 6.42 Å². The third-order valence-corrected chi connectivity index (χ3v) is 3.80. The first-order valence-corrected chi connectivity index (χ1v) is 6.20. The second kappa shape index (κ2) is 8.54. The molecule has 1 aliphatic rings. The summed E-state index contributed by atoms with van der Waals surface area (Å²) < 4.78 is 0. The van der Waals surface area contributed by atoms with E-state index in [0.717, 1.165) is 38.6 Å². The standard InChI is InChI=1S/C13H23NO2.ClH/c1-2-3-12(8-13(15)16)11-6-4-10(9-14)5-7-11;/h2,10-12H,1,3-9,14H2,(H,15,16);1H. The molecule has 0 aromatic heterocycles. The van der Waals surface area contributed by atoms with Crippen molar-refractivity contribution in [1.29, 1.82) is 0 Å². The number of allylic oxidation sites excluding steroid dienone is 1. The molecule has 0 aromatic carbocycles. The van der Waals surface area contributed by atoms with E-state index in [0.29, 0.717) is 11.8 Å². The molecule has 1 saturated carbocycles. The fourth-order valence-electron chi connectivity index (χ4n) is 2.78. The number of hydrogen-bond donors (Lipinski definition) is 2. The quantitative estimate of drug-likeness (QED) is 0.723. The van der Waals surface area contributed by atoms with Crippen LogP contribution in [-0.2, 0) is 4.79 Å². The van der Waals surface area contributed by atoms with Crippen molar-refractivity contribution >= 4 is 18.4 Å². The summed E-state index contributed by atoms with van der Waals surface area (Å²) in [4.78, 5) is 10.8. The molecule has 1 unspecified atom stereocenters. The molecule has 100 valence electrons. The van der Waals surface area contributed by atoms with Crippen molar-refractivity contribution in [3.63, 3.8) is 0 Å². The molecule has 0 amide bonds. The Bertz CT molecular complexity index is 238. The van der Waals surface area contributed by atoms with Crippen LogP contribution < -0.4 is 5.73 Å². The van der Waals surface area contributed by atoms with Crippen molar-refractivity contribution < 1.29 is 9.90 Å². The van der Waals surface area contributed by atoms with Gasteiger partial charge in [0.15, 0.2) is 0 Å². The molecule has 1 atom stereocenters. The summed E-state index contributed by atoms with van der Waals surface area (Å²) in [6.07, 6.45) is 7.54. The first-order valence-electron chi connectivity index (χ1n) is 6.20. The summed E-state index contributed by atoms with van der Waals surface area (Å²) in [5.74, 6) is 0.795. The molecule has 1 rings (SSSR count). The van der Waals surface area contributed by atoms with Gasteiger partial charge in [0.1, 0.15) is 0 Å². The van der Waals surface area contributed by atoms with Gasteiger partial charge >= 0.3 is 5.97 Å². The van der Waals surface area contributed by atoms with Gasteiger partial charge in [-0.05, 0) is 56.4 Å². The SMILES string of the molecule is C=CCC(CC(=O)O)C1CCC(CN)CC1.Cl. The zero-order valence-electron chi connectivity index (χ0n) is 10.3. The average molecular weight is 262 g/mol. The predicted octanol–water partition coefficient (Wildman–Crippen LogP) is 2.84. The highest BCUT2D eigenvalue weighted by molar-refractivity contribution is 5.85. The monoisotopic (exact) mass is 261 g/mol. The van der Waals surface area contributed by atoms with Crippen molar-refractivity contribution in [2.75, 3.05) is 6.54 Å². The summed E-state index contributed by atoms with van der Waals surface area (Å²) in [6.45, 7) is 4.50. The van der Waals surface area contributed by atoms with E-state index >= 15 is 0 Å². The van der Waals surface area contributed by atoms with Crippen LogP contribution in [0.4, 0.5) is 0 Å². The van der Waals surface area contributed by atoms with E-state index in [1.807, 2.05) is 6.08 Å². The zero-order valence-corrected chi connectivity index (χ0v) is 11.1. The van der Waals surface area contributed by atoms with Crippen LogP contribution in [0.2, 0.25) is 0 Å². The Labute approximate surface area is 110 Å². The Morgan fingerprint density at radius 2 is 2.00 bits per heavy atom. The lowest BCUT2D eigenvalue weighted by Crippen LogP contribution is -2.26. The smallest absolute Gasteiger partial charge is 0.303 e. The molecule has 17 heavy (non-hydrogen) atoms. The largest absolute Gasteiger partial charge is 0.481 e. The summed E-state index contributed by atoms with van der Waals surface area (Å²) in [5, 5.41) is 8.89. The third-order valence-electron chi connectivity index (χ3n) is 3.80. The molecule has 3 N–H and O–H groups in total. The fraction of sp³-hybridized carbons (Fsp3) is 0.769. The molecular weight excluding hydrogens is 238 g/mol. The van der Waals surface area contributed by atoms with Crippen LogP contribution >= 0.6 is 12.4 Å². The lowest BCUT2D eigenvalue weighted by molar-refractivity contribution is -0.138. The van der Waals surface area contributed by atoms with Gasteiger partial charge in [-0.1, -0.05) is 6.08 Å². The molecule has 1 fully saturated rings. The summed E-state index contributed by atoms with van der Waals surface area (Å²) in [5.41, 5.74) is 5.65. The molecule has 0 radical (unpaired) electrons. The minimum absolute atomic E-state index is 0. The van der Waals surface area contributed by atoms with Gasteiger partial charge in [-0.3, -0.25) is 4.79 Å². The van der Waals surface area contributed by atoms with E-state index in [-0.39, 0.29) is 24.7 Å². The second-order valence-electron chi connectivity index (χ2n) is 4.90. The van der Waals surface area contributed by atoms with Gasteiger partial charge in [0.25, 0.3) is 0 Å². The first kappa shape index (κ1) is 16.5. The highest BCUT2D eigenvalue weighted by Gasteiger charge is 2.27. The number of nitrogens with two attached hydrogens (primary N) is 1. The van der Waals surface area contributed by atoms with Crippen LogP contribution in [0.1, 0.15) is 38.5 Å². The Hall–Kier alpha value is -0.540. The normalized spacial score (nSPS) is 25.7. The number of hydrogen-bond acceptors (Lipinski definition) is 2. The van der Waals surface area contributed by atoms with Crippen LogP contribution in [-0.4, -0.2) is 17.6 Å². The van der Waals surface area contributed by atoms with E-state index in [2.05, 4.69) is 6.58 Å². The van der Waals surface area contributed by atoms with E-state index in [9.17, 15) is 4.79 Å². The molecule has 0 bridgehead atoms. The maximum atomic E-state index is 10.8. The Morgan fingerprint density at radius 3 is 2.41 bits per heavy atom. The Kier molecular flexibility index (Phi) is 8.26. The van der Waals surface area contributed by atoms with Gasteiger partial charge < -0.3 is 10.8 Å². The highest BCUT2D eigenvalue weighted by atomic mass is 35.5. The molecule has 3 nitrogen and oxygen atoms in total. The zero-order chi connectivity index (χ0) is 12.0. The molecule has 1 aliphatic carbocycles. The van der Waals surface area contributed by atoms with E-state index in [1.165, 1.54) is 0 Å². The number of carboxylic acids is 1. The lowest BCUT2D eigenvalue weighted by Gasteiger charge is -2.32. The van der Waals surface area contributed by atoms with Crippen LogP contribution in [0.15, 0.2) is 12.7 Å². The number of carboxylic acid groups (broad SMARTS) is 1. The minimum atomic E-state index is -0.687. The van der Waals surface area contributed by atoms with E-state index in [1.54, 1.807) is 0 Å². The van der Waals surface area contributed by atoms with Crippen molar-refractivity contribution in [1.82, 2.24) is 0 Å². The number of carbonyl (C=O) groups is 1. The summed E-state index contributed by atoms with van der Waals surface area (Å²) >= 11 is 0. The first-order chi connectivity index (χ1) is 7.67. The van der Waals surface area contributed by atoms with Crippen molar-refractivity contribution in [3.05, 3.63) is 12.7 Å². The van der Waals surface area contributed by atoms with E-state index in [4.69, 9.17) is 10.8 Å². The topological polar surface area (TPSA) is 63.3 Å². The third kappa shape index (κ3) is 5.55. The molecule has 0 saturated heterocycles. The predicted molar refractivity (Wildman–Crippen MR) is 72.3 cm³/mol. The summed E-state index contributed by atoms with van der Waals surface area (Å²) in [6, 6.07) is 0. The average Bonchev–Trinajstić information content (AvgIpc) is 2.28. The van der Waals surface area contributed by atoms with Crippen molar-refractivity contribution in [2.24, 2.45) is 23.5 Å². The van der Waals surface area contributed by atoms with Crippen LogP contribution in [0.3, 0.4) is 0 Å².